The number of aryl methyl sites for hydroxylation is 1. The lowest BCUT2D eigenvalue weighted by molar-refractivity contribution is 0.0428. The summed E-state index contributed by atoms with van der Waals surface area (Å²) in [5, 5.41) is 8.12. The van der Waals surface area contributed by atoms with Gasteiger partial charge in [-0.1, -0.05) is 37.3 Å². The minimum Gasteiger partial charge on any atom is -0.303 e. The van der Waals surface area contributed by atoms with E-state index in [9.17, 15) is 23.1 Å². The molecule has 178 valence electrons. The molecule has 2 heterocycles. The monoisotopic (exact) mass is 489 g/mol. The van der Waals surface area contributed by atoms with Gasteiger partial charge in [0.25, 0.3) is 0 Å². The van der Waals surface area contributed by atoms with Crippen molar-refractivity contribution in [2.24, 2.45) is 7.05 Å². The lowest BCUT2D eigenvalue weighted by atomic mass is 9.81. The van der Waals surface area contributed by atoms with Crippen molar-refractivity contribution in [2.75, 3.05) is 0 Å². The van der Waals surface area contributed by atoms with Gasteiger partial charge in [0.15, 0.2) is 6.23 Å². The van der Waals surface area contributed by atoms with E-state index in [4.69, 9.17) is 4.52 Å². The SMILES string of the molecule is CC(c1ccc(-c2ccnn2C)cc1)C(c1ccc(F)cc1F)C(OP(=O)(O)O)n1cncn1. The van der Waals surface area contributed by atoms with Gasteiger partial charge in [0.1, 0.15) is 24.3 Å². The second-order valence-electron chi connectivity index (χ2n) is 7.80. The molecule has 0 fully saturated rings. The van der Waals surface area contributed by atoms with Crippen molar-refractivity contribution in [3.8, 4) is 11.3 Å². The first-order valence-corrected chi connectivity index (χ1v) is 11.8. The van der Waals surface area contributed by atoms with E-state index >= 15 is 0 Å². The van der Waals surface area contributed by atoms with Crippen LogP contribution in [0.3, 0.4) is 0 Å². The number of halogens is 2. The Labute approximate surface area is 193 Å². The van der Waals surface area contributed by atoms with Gasteiger partial charge >= 0.3 is 7.82 Å². The van der Waals surface area contributed by atoms with E-state index in [1.54, 1.807) is 17.8 Å². The molecule has 0 aliphatic carbocycles. The Morgan fingerprint density at radius 1 is 1.06 bits per heavy atom. The molecule has 3 unspecified atom stereocenters. The molecule has 2 aromatic carbocycles. The van der Waals surface area contributed by atoms with E-state index in [1.807, 2.05) is 37.4 Å². The van der Waals surface area contributed by atoms with E-state index in [0.29, 0.717) is 0 Å². The highest BCUT2D eigenvalue weighted by Crippen LogP contribution is 2.50. The fourth-order valence-electron chi connectivity index (χ4n) is 4.03. The third kappa shape index (κ3) is 5.13. The number of phosphoric ester groups is 1. The second kappa shape index (κ2) is 9.55. The van der Waals surface area contributed by atoms with Crippen LogP contribution < -0.4 is 0 Å². The predicted molar refractivity (Wildman–Crippen MR) is 118 cm³/mol. The molecule has 0 spiro atoms. The number of hydrogen-bond donors (Lipinski definition) is 2. The third-order valence-electron chi connectivity index (χ3n) is 5.66. The summed E-state index contributed by atoms with van der Waals surface area (Å²) in [6.45, 7) is 1.76. The molecular weight excluding hydrogens is 467 g/mol. The largest absolute Gasteiger partial charge is 0.471 e. The highest BCUT2D eigenvalue weighted by molar-refractivity contribution is 7.46. The van der Waals surface area contributed by atoms with E-state index in [2.05, 4.69) is 15.2 Å². The maximum atomic E-state index is 15.0. The lowest BCUT2D eigenvalue weighted by Crippen LogP contribution is -2.26. The van der Waals surface area contributed by atoms with Crippen LogP contribution in [-0.4, -0.2) is 34.3 Å². The van der Waals surface area contributed by atoms with Crippen LogP contribution in [0.5, 0.6) is 0 Å². The van der Waals surface area contributed by atoms with Crippen LogP contribution in [0.4, 0.5) is 8.78 Å². The third-order valence-corrected chi connectivity index (χ3v) is 6.15. The number of aromatic nitrogens is 5. The van der Waals surface area contributed by atoms with Gasteiger partial charge in [-0.3, -0.25) is 9.21 Å². The molecule has 0 aliphatic rings. The highest BCUT2D eigenvalue weighted by Gasteiger charge is 2.38. The molecule has 0 saturated carbocycles. The van der Waals surface area contributed by atoms with Gasteiger partial charge in [-0.25, -0.2) is 23.0 Å². The van der Waals surface area contributed by atoms with Gasteiger partial charge in [-0.2, -0.15) is 10.2 Å². The van der Waals surface area contributed by atoms with Crippen molar-refractivity contribution >= 4 is 7.82 Å². The Bertz CT molecular complexity index is 1310. The zero-order chi connectivity index (χ0) is 24.5. The topological polar surface area (TPSA) is 115 Å². The summed E-state index contributed by atoms with van der Waals surface area (Å²) in [5.41, 5.74) is 2.54. The van der Waals surface area contributed by atoms with Gasteiger partial charge in [0, 0.05) is 25.2 Å². The average molecular weight is 489 g/mol. The Kier molecular flexibility index (Phi) is 6.72. The molecule has 0 amide bonds. The summed E-state index contributed by atoms with van der Waals surface area (Å²) in [6, 6.07) is 12.3. The second-order valence-corrected chi connectivity index (χ2v) is 9.00. The normalized spacial score (nSPS) is 14.6. The molecule has 4 aromatic rings. The van der Waals surface area contributed by atoms with Crippen molar-refractivity contribution in [3.63, 3.8) is 0 Å². The molecule has 0 radical (unpaired) electrons. The van der Waals surface area contributed by atoms with Gasteiger partial charge in [0.05, 0.1) is 5.69 Å². The van der Waals surface area contributed by atoms with Crippen molar-refractivity contribution in [2.45, 2.75) is 25.0 Å². The Hall–Kier alpha value is -3.24. The van der Waals surface area contributed by atoms with Gasteiger partial charge in [0.2, 0.25) is 0 Å². The van der Waals surface area contributed by atoms with Crippen molar-refractivity contribution < 1.29 is 27.7 Å². The zero-order valence-electron chi connectivity index (χ0n) is 18.2. The molecule has 4 rings (SSSR count). The van der Waals surface area contributed by atoms with Crippen LogP contribution in [0.25, 0.3) is 11.3 Å². The molecule has 34 heavy (non-hydrogen) atoms. The van der Waals surface area contributed by atoms with Crippen LogP contribution in [0.15, 0.2) is 67.4 Å². The molecule has 3 atom stereocenters. The van der Waals surface area contributed by atoms with Gasteiger partial charge in [-0.15, -0.1) is 0 Å². The highest BCUT2D eigenvalue weighted by atomic mass is 31.2. The maximum Gasteiger partial charge on any atom is 0.471 e. The number of phosphoric acid groups is 1. The van der Waals surface area contributed by atoms with Crippen LogP contribution in [0.2, 0.25) is 0 Å². The summed E-state index contributed by atoms with van der Waals surface area (Å²) in [5.74, 6) is -3.19. The molecule has 12 heteroatoms. The summed E-state index contributed by atoms with van der Waals surface area (Å²) < 4.78 is 48.4. The predicted octanol–water partition coefficient (Wildman–Crippen LogP) is 4.15. The van der Waals surface area contributed by atoms with Crippen LogP contribution in [0.1, 0.15) is 36.1 Å². The van der Waals surface area contributed by atoms with E-state index in [0.717, 1.165) is 33.6 Å². The minimum atomic E-state index is -5.03. The maximum absolute atomic E-state index is 15.0. The molecule has 9 nitrogen and oxygen atoms in total. The standard InChI is InChI=1S/C22H22F2N5O4P/c1-14(15-3-5-16(6-4-15)20-9-10-26-28(20)2)21(18-8-7-17(23)11-19(18)24)22(33-34(30,31)32)29-13-25-12-27-29/h3-14,21-22H,1-2H3,(H2,30,31,32). The van der Waals surface area contributed by atoms with Crippen molar-refractivity contribution in [3.05, 3.63) is 90.1 Å². The van der Waals surface area contributed by atoms with E-state index in [-0.39, 0.29) is 5.56 Å². The Balaban J connectivity index is 1.80. The zero-order valence-corrected chi connectivity index (χ0v) is 19.1. The number of rotatable bonds is 8. The first kappa shape index (κ1) is 23.9. The summed E-state index contributed by atoms with van der Waals surface area (Å²) in [7, 11) is -3.21. The van der Waals surface area contributed by atoms with E-state index in [1.165, 1.54) is 18.7 Å². The van der Waals surface area contributed by atoms with Gasteiger partial charge < -0.3 is 9.79 Å². The fourth-order valence-corrected chi connectivity index (χ4v) is 4.54. The smallest absolute Gasteiger partial charge is 0.303 e. The fraction of sp³-hybridized carbons (Fsp3) is 0.227. The average Bonchev–Trinajstić information content (AvgIpc) is 3.46. The quantitative estimate of drug-likeness (QED) is 0.357. The summed E-state index contributed by atoms with van der Waals surface area (Å²) >= 11 is 0. The number of benzene rings is 2. The minimum absolute atomic E-state index is 0.0126. The van der Waals surface area contributed by atoms with Crippen molar-refractivity contribution in [1.29, 1.82) is 0 Å². The van der Waals surface area contributed by atoms with Crippen LogP contribution >= 0.6 is 7.82 Å². The Morgan fingerprint density at radius 2 is 1.79 bits per heavy atom. The van der Waals surface area contributed by atoms with Crippen molar-refractivity contribution in [1.82, 2.24) is 24.5 Å². The van der Waals surface area contributed by atoms with Crippen LogP contribution in [-0.2, 0) is 16.1 Å². The summed E-state index contributed by atoms with van der Waals surface area (Å²) in [4.78, 5) is 23.0. The Morgan fingerprint density at radius 3 is 2.35 bits per heavy atom. The number of hydrogen-bond acceptors (Lipinski definition) is 5. The lowest BCUT2D eigenvalue weighted by Gasteiger charge is -2.32. The molecule has 2 N–H and O–H groups in total. The first-order valence-electron chi connectivity index (χ1n) is 10.3. The molecule has 2 aromatic heterocycles. The number of nitrogens with zero attached hydrogens (tertiary/aromatic N) is 5. The molecule has 0 aliphatic heterocycles. The van der Waals surface area contributed by atoms with Gasteiger partial charge in [-0.05, 0) is 34.7 Å². The van der Waals surface area contributed by atoms with Crippen LogP contribution in [0, 0.1) is 11.6 Å². The molecule has 0 saturated heterocycles. The van der Waals surface area contributed by atoms with E-state index < -0.39 is 37.5 Å². The first-order chi connectivity index (χ1) is 16.1. The molecule has 0 bridgehead atoms. The summed E-state index contributed by atoms with van der Waals surface area (Å²) in [6.07, 6.45) is 2.63. The molecular formula is C22H22F2N5O4P.